The zero-order chi connectivity index (χ0) is 28.7. The monoisotopic (exact) mass is 610 g/mol. The van der Waals surface area contributed by atoms with Crippen LogP contribution in [0.5, 0.6) is 0 Å². The number of thiophene rings is 2. The van der Waals surface area contributed by atoms with E-state index in [1.807, 2.05) is 0 Å². The Morgan fingerprint density at radius 2 is 0.850 bits per heavy atom. The van der Waals surface area contributed by atoms with Crippen LogP contribution in [0.2, 0.25) is 0 Å². The molecule has 0 N–H and O–H groups in total. The van der Waals surface area contributed by atoms with Crippen molar-refractivity contribution in [1.82, 2.24) is 0 Å². The van der Waals surface area contributed by atoms with Crippen LogP contribution in [0, 0.1) is 32.6 Å². The highest BCUT2D eigenvalue weighted by molar-refractivity contribution is 8.37. The van der Waals surface area contributed by atoms with E-state index in [9.17, 15) is 8.78 Å². The standard InChI is InChI=1S/C34H36F2S4/c1-7-39(8-2,9-3)15-13-25-27-17-23-19-33(35)38-32(23)22-30(27)26(14-16-40(10-4,11-5)12-6)28-18-24-20-34(36)37-31(24)21-29(25)28/h17-22H,7-12H2,1-6H3. The summed E-state index contributed by atoms with van der Waals surface area (Å²) in [6.07, 6.45) is 0. The van der Waals surface area contributed by atoms with Gasteiger partial charge in [-0.2, -0.15) is 28.8 Å². The van der Waals surface area contributed by atoms with Crippen molar-refractivity contribution in [3.63, 3.8) is 0 Å². The molecule has 2 heterocycles. The second kappa shape index (κ2) is 11.6. The van der Waals surface area contributed by atoms with E-state index in [-0.39, 0.29) is 10.3 Å². The molecular weight excluding hydrogens is 575 g/mol. The van der Waals surface area contributed by atoms with E-state index in [1.54, 1.807) is 12.1 Å². The van der Waals surface area contributed by atoms with Gasteiger partial charge in [-0.15, -0.1) is 22.7 Å². The maximum atomic E-state index is 14.5. The average molecular weight is 611 g/mol. The normalized spacial score (nSPS) is 13.0. The third kappa shape index (κ3) is 5.14. The van der Waals surface area contributed by atoms with E-state index in [0.717, 1.165) is 87.4 Å². The summed E-state index contributed by atoms with van der Waals surface area (Å²) in [5.74, 6) is 13.7. The summed E-state index contributed by atoms with van der Waals surface area (Å²) in [5, 5.41) is 12.9. The third-order valence-corrected chi connectivity index (χ3v) is 17.9. The molecule has 0 aliphatic rings. The maximum Gasteiger partial charge on any atom is 0.177 e. The van der Waals surface area contributed by atoms with E-state index in [1.165, 1.54) is 22.7 Å². The van der Waals surface area contributed by atoms with Gasteiger partial charge in [0.15, 0.2) is 10.3 Å². The van der Waals surface area contributed by atoms with E-state index in [0.29, 0.717) is 0 Å². The molecule has 0 unspecified atom stereocenters. The molecule has 0 aliphatic carbocycles. The lowest BCUT2D eigenvalue weighted by atomic mass is 9.91. The first-order valence-electron chi connectivity index (χ1n) is 14.0. The van der Waals surface area contributed by atoms with Gasteiger partial charge < -0.3 is 0 Å². The van der Waals surface area contributed by atoms with Gasteiger partial charge in [-0.1, -0.05) is 53.4 Å². The van der Waals surface area contributed by atoms with Gasteiger partial charge >= 0.3 is 0 Å². The number of fused-ring (bicyclic) bond motifs is 4. The summed E-state index contributed by atoms with van der Waals surface area (Å²) in [6, 6.07) is 11.6. The molecule has 0 amide bonds. The Balaban J connectivity index is 1.99. The minimum absolute atomic E-state index is 0.191. The predicted molar refractivity (Wildman–Crippen MR) is 184 cm³/mol. The largest absolute Gasteiger partial charge is 0.195 e. The highest BCUT2D eigenvalue weighted by Crippen LogP contribution is 2.48. The van der Waals surface area contributed by atoms with Gasteiger partial charge in [0.2, 0.25) is 0 Å². The fourth-order valence-corrected chi connectivity index (χ4v) is 11.0. The molecular formula is C34H36F2S4. The molecule has 0 saturated carbocycles. The van der Waals surface area contributed by atoms with Crippen LogP contribution in [0.15, 0.2) is 36.4 Å². The number of halogens is 2. The van der Waals surface area contributed by atoms with Crippen molar-refractivity contribution in [3.8, 4) is 22.3 Å². The van der Waals surface area contributed by atoms with Crippen LogP contribution >= 0.6 is 42.7 Å². The van der Waals surface area contributed by atoms with E-state index < -0.39 is 20.1 Å². The lowest BCUT2D eigenvalue weighted by Gasteiger charge is -2.30. The molecule has 40 heavy (non-hydrogen) atoms. The average Bonchev–Trinajstić information content (AvgIpc) is 3.52. The molecule has 0 aliphatic heterocycles. The second-order valence-corrected chi connectivity index (χ2v) is 20.1. The molecule has 0 radical (unpaired) electrons. The van der Waals surface area contributed by atoms with Crippen LogP contribution < -0.4 is 0 Å². The minimum atomic E-state index is -1.07. The highest BCUT2D eigenvalue weighted by Gasteiger charge is 2.20. The quantitative estimate of drug-likeness (QED) is 0.133. The summed E-state index contributed by atoms with van der Waals surface area (Å²) in [6.45, 7) is 13.4. The maximum absolute atomic E-state index is 14.5. The summed E-state index contributed by atoms with van der Waals surface area (Å²) >= 11 is 2.34. The Morgan fingerprint density at radius 1 is 0.525 bits per heavy atom. The van der Waals surface area contributed by atoms with Crippen molar-refractivity contribution in [2.45, 2.75) is 41.5 Å². The summed E-state index contributed by atoms with van der Waals surface area (Å²) < 4.78 is 30.7. The number of hydrogen-bond donors (Lipinski definition) is 0. The fraction of sp³-hybridized carbons (Fsp3) is 0.353. The number of benzene rings is 3. The Labute approximate surface area is 248 Å². The Bertz CT molecular complexity index is 1620. The van der Waals surface area contributed by atoms with Crippen molar-refractivity contribution in [2.75, 3.05) is 34.5 Å². The van der Waals surface area contributed by atoms with Crippen LogP contribution in [0.3, 0.4) is 0 Å². The first-order valence-corrected chi connectivity index (χ1v) is 20.0. The van der Waals surface area contributed by atoms with Crippen molar-refractivity contribution < 1.29 is 8.78 Å². The zero-order valence-electron chi connectivity index (χ0n) is 24.1. The van der Waals surface area contributed by atoms with Crippen molar-refractivity contribution in [1.29, 1.82) is 0 Å². The highest BCUT2D eigenvalue weighted by atomic mass is 32.3. The first kappa shape index (κ1) is 29.3. The first-order chi connectivity index (χ1) is 19.2. The third-order valence-electron chi connectivity index (χ3n) is 8.43. The second-order valence-electron chi connectivity index (χ2n) is 10.00. The minimum Gasteiger partial charge on any atom is -0.195 e. The molecule has 0 fully saturated rings. The lowest BCUT2D eigenvalue weighted by Crippen LogP contribution is -2.06. The van der Waals surface area contributed by atoms with E-state index in [2.05, 4.69) is 88.2 Å². The zero-order valence-corrected chi connectivity index (χ0v) is 27.4. The van der Waals surface area contributed by atoms with Gasteiger partial charge in [0.1, 0.15) is 0 Å². The molecule has 210 valence electrons. The van der Waals surface area contributed by atoms with Gasteiger partial charge in [-0.05, 0) is 103 Å². The Hall–Kier alpha value is -2.22. The molecule has 0 atom stereocenters. The topological polar surface area (TPSA) is 0 Å². The van der Waals surface area contributed by atoms with E-state index in [4.69, 9.17) is 0 Å². The number of rotatable bonds is 6. The molecule has 5 aromatic rings. The summed E-state index contributed by atoms with van der Waals surface area (Å²) in [7, 11) is -2.15. The van der Waals surface area contributed by atoms with Crippen molar-refractivity contribution >= 4 is 84.4 Å². The van der Waals surface area contributed by atoms with Gasteiger partial charge in [0.05, 0.1) is 0 Å². The molecule has 0 nitrogen and oxygen atoms in total. The Kier molecular flexibility index (Phi) is 8.47. The molecule has 0 saturated heterocycles. The molecule has 0 bridgehead atoms. The summed E-state index contributed by atoms with van der Waals surface area (Å²) in [5.41, 5.74) is 1.90. The Morgan fingerprint density at radius 3 is 1.18 bits per heavy atom. The molecule has 6 heteroatoms. The molecule has 0 spiro atoms. The van der Waals surface area contributed by atoms with Gasteiger partial charge in [0, 0.05) is 31.3 Å². The smallest absolute Gasteiger partial charge is 0.177 e. The van der Waals surface area contributed by atoms with Gasteiger partial charge in [-0.25, -0.2) is 0 Å². The SMILES string of the molecule is CCS(C#Cc1c2cc3cc(F)sc3cc2c(C#CS(CC)(CC)CC)c2cc3cc(F)sc3cc12)(CC)CC. The van der Waals surface area contributed by atoms with Gasteiger partial charge in [-0.3, -0.25) is 0 Å². The lowest BCUT2D eigenvalue weighted by molar-refractivity contribution is 0.658. The van der Waals surface area contributed by atoms with Crippen LogP contribution in [-0.2, 0) is 0 Å². The van der Waals surface area contributed by atoms with Crippen LogP contribution in [0.4, 0.5) is 8.78 Å². The van der Waals surface area contributed by atoms with Crippen LogP contribution in [0.1, 0.15) is 52.7 Å². The summed E-state index contributed by atoms with van der Waals surface area (Å²) in [4.78, 5) is 0. The molecule has 3 aromatic carbocycles. The van der Waals surface area contributed by atoms with E-state index >= 15 is 0 Å². The number of hydrogen-bond acceptors (Lipinski definition) is 2. The predicted octanol–water partition coefficient (Wildman–Crippen LogP) is 11.0. The van der Waals surface area contributed by atoms with Crippen molar-refractivity contribution in [2.24, 2.45) is 0 Å². The molecule has 2 aromatic heterocycles. The van der Waals surface area contributed by atoms with Crippen LogP contribution in [-0.4, -0.2) is 34.5 Å². The van der Waals surface area contributed by atoms with Crippen molar-refractivity contribution in [3.05, 3.63) is 57.8 Å². The fourth-order valence-electron chi connectivity index (χ4n) is 5.47. The van der Waals surface area contributed by atoms with Gasteiger partial charge in [0.25, 0.3) is 0 Å². The molecule has 5 rings (SSSR count). The van der Waals surface area contributed by atoms with Crippen LogP contribution in [0.25, 0.3) is 41.7 Å².